The summed E-state index contributed by atoms with van der Waals surface area (Å²) >= 11 is 0. The molecule has 0 aliphatic carbocycles. The van der Waals surface area contributed by atoms with Crippen molar-refractivity contribution < 1.29 is 22.7 Å². The van der Waals surface area contributed by atoms with Crippen molar-refractivity contribution >= 4 is 15.9 Å². The summed E-state index contributed by atoms with van der Waals surface area (Å²) in [6.45, 7) is 4.25. The third-order valence-electron chi connectivity index (χ3n) is 4.30. The van der Waals surface area contributed by atoms with Gasteiger partial charge in [0.2, 0.25) is 10.0 Å². The van der Waals surface area contributed by atoms with Gasteiger partial charge in [0.15, 0.2) is 6.61 Å². The zero-order chi connectivity index (χ0) is 19.0. The smallest absolute Gasteiger partial charge is 0.257 e. The lowest BCUT2D eigenvalue weighted by Crippen LogP contribution is -2.41. The highest BCUT2D eigenvalue weighted by Crippen LogP contribution is 2.19. The molecular formula is C18H28N2O5S. The van der Waals surface area contributed by atoms with Crippen molar-refractivity contribution in [3.05, 3.63) is 24.3 Å². The number of sulfonamides is 1. The molecule has 1 heterocycles. The summed E-state index contributed by atoms with van der Waals surface area (Å²) in [6.07, 6.45) is 3.70. The van der Waals surface area contributed by atoms with Crippen LogP contribution in [0.4, 0.5) is 0 Å². The third-order valence-corrected chi connectivity index (χ3v) is 5.60. The van der Waals surface area contributed by atoms with Gasteiger partial charge in [-0.05, 0) is 49.4 Å². The van der Waals surface area contributed by atoms with E-state index >= 15 is 0 Å². The molecule has 0 saturated carbocycles. The van der Waals surface area contributed by atoms with Crippen LogP contribution < -0.4 is 14.8 Å². The van der Waals surface area contributed by atoms with Gasteiger partial charge in [0.25, 0.3) is 5.91 Å². The molecule has 0 unspecified atom stereocenters. The van der Waals surface area contributed by atoms with E-state index in [2.05, 4.69) is 5.32 Å². The molecule has 0 spiro atoms. The number of carbonyl (C=O) groups is 1. The topological polar surface area (TPSA) is 84.9 Å². The monoisotopic (exact) mass is 384 g/mol. The SMILES string of the molecule is CCCOc1ccc(OCC(=O)NCC2CCN(S(C)(=O)=O)CC2)cc1. The van der Waals surface area contributed by atoms with Crippen LogP contribution in [-0.2, 0) is 14.8 Å². The molecule has 1 N–H and O–H groups in total. The van der Waals surface area contributed by atoms with Gasteiger partial charge in [0.1, 0.15) is 11.5 Å². The Morgan fingerprint density at radius 1 is 1.15 bits per heavy atom. The summed E-state index contributed by atoms with van der Waals surface area (Å²) in [5.74, 6) is 1.52. The number of carbonyl (C=O) groups excluding carboxylic acids is 1. The van der Waals surface area contributed by atoms with E-state index in [-0.39, 0.29) is 12.5 Å². The van der Waals surface area contributed by atoms with Gasteiger partial charge >= 0.3 is 0 Å². The molecule has 2 rings (SSSR count). The molecule has 1 fully saturated rings. The van der Waals surface area contributed by atoms with Gasteiger partial charge in [0.05, 0.1) is 12.9 Å². The molecule has 0 aromatic heterocycles. The number of amides is 1. The first-order valence-corrected chi connectivity index (χ1v) is 10.8. The maximum atomic E-state index is 11.9. The van der Waals surface area contributed by atoms with Gasteiger partial charge < -0.3 is 14.8 Å². The Morgan fingerprint density at radius 3 is 2.27 bits per heavy atom. The van der Waals surface area contributed by atoms with Gasteiger partial charge in [-0.1, -0.05) is 6.92 Å². The van der Waals surface area contributed by atoms with Crippen LogP contribution in [0, 0.1) is 5.92 Å². The van der Waals surface area contributed by atoms with E-state index < -0.39 is 10.0 Å². The number of benzene rings is 1. The third kappa shape index (κ3) is 6.84. The van der Waals surface area contributed by atoms with Crippen LogP contribution in [0.5, 0.6) is 11.5 Å². The Morgan fingerprint density at radius 2 is 1.73 bits per heavy atom. The standard InChI is InChI=1S/C18H28N2O5S/c1-3-12-24-16-4-6-17(7-5-16)25-14-18(21)19-13-15-8-10-20(11-9-15)26(2,22)23/h4-7,15H,3,8-14H2,1-2H3,(H,19,21). The number of hydrogen-bond donors (Lipinski definition) is 1. The van der Waals surface area contributed by atoms with Crippen LogP contribution in [0.25, 0.3) is 0 Å². The zero-order valence-electron chi connectivity index (χ0n) is 15.4. The Kier molecular flexibility index (Phi) is 7.71. The average Bonchev–Trinajstić information content (AvgIpc) is 2.63. The molecule has 0 bridgehead atoms. The number of piperidine rings is 1. The van der Waals surface area contributed by atoms with Crippen LogP contribution >= 0.6 is 0 Å². The Balaban J connectivity index is 1.65. The first-order chi connectivity index (χ1) is 12.4. The predicted molar refractivity (Wildman–Crippen MR) is 99.9 cm³/mol. The fraction of sp³-hybridized carbons (Fsp3) is 0.611. The molecule has 1 saturated heterocycles. The number of rotatable bonds is 9. The van der Waals surface area contributed by atoms with Crippen molar-refractivity contribution in [3.8, 4) is 11.5 Å². The number of ether oxygens (including phenoxy) is 2. The summed E-state index contributed by atoms with van der Waals surface area (Å²) in [4.78, 5) is 11.9. The summed E-state index contributed by atoms with van der Waals surface area (Å²) in [6, 6.07) is 7.19. The Bertz CT molecular complexity index is 667. The van der Waals surface area contributed by atoms with E-state index in [0.717, 1.165) is 25.0 Å². The van der Waals surface area contributed by atoms with Crippen molar-refractivity contribution in [3.63, 3.8) is 0 Å². The van der Waals surface area contributed by atoms with Gasteiger partial charge in [0, 0.05) is 19.6 Å². The van der Waals surface area contributed by atoms with E-state index in [9.17, 15) is 13.2 Å². The second-order valence-corrected chi connectivity index (χ2v) is 8.50. The summed E-state index contributed by atoms with van der Waals surface area (Å²) in [7, 11) is -3.11. The van der Waals surface area contributed by atoms with Crippen LogP contribution in [0.1, 0.15) is 26.2 Å². The maximum Gasteiger partial charge on any atom is 0.257 e. The number of nitrogens with zero attached hydrogens (tertiary/aromatic N) is 1. The molecule has 1 aliphatic rings. The Labute approximate surface area is 155 Å². The fourth-order valence-electron chi connectivity index (χ4n) is 2.76. The Hall–Kier alpha value is -1.80. The minimum Gasteiger partial charge on any atom is -0.494 e. The minimum absolute atomic E-state index is 0.0443. The average molecular weight is 384 g/mol. The van der Waals surface area contributed by atoms with E-state index in [1.807, 2.05) is 19.1 Å². The first-order valence-electron chi connectivity index (χ1n) is 8.96. The largest absolute Gasteiger partial charge is 0.494 e. The van der Waals surface area contributed by atoms with Crippen LogP contribution in [0.2, 0.25) is 0 Å². The highest BCUT2D eigenvalue weighted by molar-refractivity contribution is 7.88. The minimum atomic E-state index is -3.11. The van der Waals surface area contributed by atoms with Crippen molar-refractivity contribution in [1.29, 1.82) is 0 Å². The first kappa shape index (κ1) is 20.5. The van der Waals surface area contributed by atoms with Crippen molar-refractivity contribution in [2.75, 3.05) is 39.1 Å². The molecular weight excluding hydrogens is 356 g/mol. The van der Waals surface area contributed by atoms with Crippen LogP contribution in [0.15, 0.2) is 24.3 Å². The van der Waals surface area contributed by atoms with E-state index in [1.54, 1.807) is 12.1 Å². The maximum absolute atomic E-state index is 11.9. The van der Waals surface area contributed by atoms with Gasteiger partial charge in [-0.15, -0.1) is 0 Å². The van der Waals surface area contributed by atoms with Crippen molar-refractivity contribution in [2.24, 2.45) is 5.92 Å². The molecule has 146 valence electrons. The molecule has 1 aromatic rings. The van der Waals surface area contributed by atoms with Crippen LogP contribution in [-0.4, -0.2) is 57.7 Å². The highest BCUT2D eigenvalue weighted by Gasteiger charge is 2.24. The second kappa shape index (κ2) is 9.78. The van der Waals surface area contributed by atoms with Crippen LogP contribution in [0.3, 0.4) is 0 Å². The molecule has 1 aliphatic heterocycles. The second-order valence-electron chi connectivity index (χ2n) is 6.52. The normalized spacial score (nSPS) is 16.2. The highest BCUT2D eigenvalue weighted by atomic mass is 32.2. The van der Waals surface area contributed by atoms with E-state index in [1.165, 1.54) is 10.6 Å². The van der Waals surface area contributed by atoms with E-state index in [0.29, 0.717) is 37.9 Å². The van der Waals surface area contributed by atoms with Crippen molar-refractivity contribution in [2.45, 2.75) is 26.2 Å². The lowest BCUT2D eigenvalue weighted by atomic mass is 9.98. The molecule has 26 heavy (non-hydrogen) atoms. The predicted octanol–water partition coefficient (Wildman–Crippen LogP) is 1.64. The van der Waals surface area contributed by atoms with Crippen molar-refractivity contribution in [1.82, 2.24) is 9.62 Å². The molecule has 1 amide bonds. The summed E-state index contributed by atoms with van der Waals surface area (Å²) in [5, 5.41) is 2.86. The lowest BCUT2D eigenvalue weighted by molar-refractivity contribution is -0.123. The number of nitrogens with one attached hydrogen (secondary N) is 1. The fourth-order valence-corrected chi connectivity index (χ4v) is 3.63. The quantitative estimate of drug-likeness (QED) is 0.700. The molecule has 0 radical (unpaired) electrons. The molecule has 1 aromatic carbocycles. The molecule has 0 atom stereocenters. The summed E-state index contributed by atoms with van der Waals surface area (Å²) < 4.78 is 35.4. The van der Waals surface area contributed by atoms with Gasteiger partial charge in [-0.2, -0.15) is 0 Å². The van der Waals surface area contributed by atoms with Gasteiger partial charge in [-0.3, -0.25) is 4.79 Å². The molecule has 7 nitrogen and oxygen atoms in total. The molecule has 8 heteroatoms. The number of hydrogen-bond acceptors (Lipinski definition) is 5. The zero-order valence-corrected chi connectivity index (χ0v) is 16.3. The van der Waals surface area contributed by atoms with Gasteiger partial charge in [-0.25, -0.2) is 12.7 Å². The van der Waals surface area contributed by atoms with E-state index in [4.69, 9.17) is 9.47 Å². The lowest BCUT2D eigenvalue weighted by Gasteiger charge is -2.30. The summed E-state index contributed by atoms with van der Waals surface area (Å²) in [5.41, 5.74) is 0.